The third-order valence-corrected chi connectivity index (χ3v) is 19.8. The monoisotopic (exact) mass is 800 g/mol. The van der Waals surface area contributed by atoms with Crippen molar-refractivity contribution in [2.45, 2.75) is 124 Å². The summed E-state index contributed by atoms with van der Waals surface area (Å²) in [5, 5.41) is 13.5. The number of allylic oxidation sites excluding steroid dienone is 4. The molecule has 0 radical (unpaired) electrons. The number of ether oxygens (including phenoxy) is 2. The van der Waals surface area contributed by atoms with Crippen molar-refractivity contribution in [3.8, 4) is 11.9 Å². The number of methoxy groups -OCH3 is 1. The second-order valence-corrected chi connectivity index (χ2v) is 23.1. The minimum absolute atomic E-state index is 0.0248. The lowest BCUT2D eigenvalue weighted by Gasteiger charge is -2.72. The zero-order valence-corrected chi connectivity index (χ0v) is 36.4. The van der Waals surface area contributed by atoms with Crippen molar-refractivity contribution >= 4 is 15.8 Å². The Morgan fingerprint density at radius 3 is 2.44 bits per heavy atom. The number of nitrogens with one attached hydrogen (secondary N) is 1. The Hall–Kier alpha value is -2.74. The summed E-state index contributed by atoms with van der Waals surface area (Å²) in [5.41, 5.74) is 3.52. The van der Waals surface area contributed by atoms with Crippen molar-refractivity contribution in [2.75, 3.05) is 51.4 Å². The SMILES string of the molecule is COC(=O)C1(COc2cccc(C#N)n2)CC=C(C2=CC[C@@]3(C)C(CC[C@]4(C)C3CC[C@@H]3[C@H]5CCC[C@]5(NCCN5CCS(=O)(=O)CC5)CC[C@]34C)C2(C)C)CC1. The number of pyridine rings is 1. The molecule has 8 rings (SSSR count). The van der Waals surface area contributed by atoms with E-state index in [1.54, 1.807) is 18.2 Å². The molecule has 3 unspecified atom stereocenters. The molecule has 9 atom stereocenters. The van der Waals surface area contributed by atoms with Crippen LogP contribution in [0.5, 0.6) is 5.88 Å². The summed E-state index contributed by atoms with van der Waals surface area (Å²) in [7, 11) is -1.39. The van der Waals surface area contributed by atoms with Gasteiger partial charge in [0.05, 0.1) is 18.6 Å². The molecule has 312 valence electrons. The van der Waals surface area contributed by atoms with Crippen LogP contribution in [0, 0.1) is 62.1 Å². The number of rotatable bonds is 9. The van der Waals surface area contributed by atoms with Crippen LogP contribution in [0.1, 0.15) is 124 Å². The number of carbonyl (C=O) groups excluding carboxylic acids is 1. The Bertz CT molecular complexity index is 1940. The summed E-state index contributed by atoms with van der Waals surface area (Å²) in [4.78, 5) is 20.0. The molecule has 0 aromatic carbocycles. The molecule has 1 aromatic rings. The van der Waals surface area contributed by atoms with Crippen molar-refractivity contribution < 1.29 is 22.7 Å². The third kappa shape index (κ3) is 6.72. The highest BCUT2D eigenvalue weighted by Gasteiger charge is 2.69. The van der Waals surface area contributed by atoms with E-state index in [0.717, 1.165) is 37.8 Å². The van der Waals surface area contributed by atoms with Crippen LogP contribution in [0.3, 0.4) is 0 Å². The van der Waals surface area contributed by atoms with Gasteiger partial charge in [-0.1, -0.05) is 59.3 Å². The van der Waals surface area contributed by atoms with Gasteiger partial charge in [-0.15, -0.1) is 0 Å². The van der Waals surface area contributed by atoms with Crippen LogP contribution < -0.4 is 10.1 Å². The zero-order valence-electron chi connectivity index (χ0n) is 35.6. The molecule has 1 N–H and O–H groups in total. The number of sulfone groups is 1. The molecule has 5 fully saturated rings. The Morgan fingerprint density at radius 1 is 0.930 bits per heavy atom. The Labute approximate surface area is 342 Å². The first-order chi connectivity index (χ1) is 27.0. The van der Waals surface area contributed by atoms with Crippen molar-refractivity contribution in [3.05, 3.63) is 47.2 Å². The molecule has 10 heteroatoms. The van der Waals surface area contributed by atoms with Gasteiger partial charge in [0.15, 0.2) is 9.84 Å². The first-order valence-corrected chi connectivity index (χ1v) is 24.0. The van der Waals surface area contributed by atoms with Gasteiger partial charge in [-0.2, -0.15) is 5.26 Å². The van der Waals surface area contributed by atoms with Gasteiger partial charge < -0.3 is 19.7 Å². The summed E-state index contributed by atoms with van der Waals surface area (Å²) in [6, 6.07) is 7.19. The van der Waals surface area contributed by atoms with Crippen LogP contribution >= 0.6 is 0 Å². The van der Waals surface area contributed by atoms with Gasteiger partial charge in [0, 0.05) is 37.8 Å². The van der Waals surface area contributed by atoms with E-state index in [0.29, 0.717) is 71.7 Å². The van der Waals surface area contributed by atoms with Crippen molar-refractivity contribution in [1.82, 2.24) is 15.2 Å². The van der Waals surface area contributed by atoms with Gasteiger partial charge in [-0.3, -0.25) is 4.79 Å². The lowest BCUT2D eigenvalue weighted by molar-refractivity contribution is -0.218. The Kier molecular flexibility index (Phi) is 10.6. The standard InChI is InChI=1S/C47H68N4O5S/c1-42(2)35(33-14-21-46(22-15-33,41(52)55-6)32-56-40-11-7-9-34(31-48)50-40)16-19-43(3)38(42)17-20-45(5)39(43)13-12-36-37-10-8-18-47(37,24-23-44(36,45)4)49-25-26-51-27-29-57(53,54)30-28-51/h7,9,11,14,16,36-39,49H,8,10,12-13,15,17-30,32H2,1-6H3/t36-,37-,38?,39?,43+,44-,45-,46?,47+/m1/s1. The van der Waals surface area contributed by atoms with E-state index in [4.69, 9.17) is 9.47 Å². The highest BCUT2D eigenvalue weighted by atomic mass is 32.2. The molecule has 1 aliphatic heterocycles. The van der Waals surface area contributed by atoms with Crippen LogP contribution in [-0.4, -0.2) is 81.2 Å². The molecule has 6 aliphatic carbocycles. The van der Waals surface area contributed by atoms with E-state index in [1.807, 2.05) is 0 Å². The molecule has 7 aliphatic rings. The summed E-state index contributed by atoms with van der Waals surface area (Å²) in [5.74, 6) is 3.49. The fourth-order valence-corrected chi connectivity index (χ4v) is 16.2. The highest BCUT2D eigenvalue weighted by Crippen LogP contribution is 2.76. The highest BCUT2D eigenvalue weighted by molar-refractivity contribution is 7.91. The minimum atomic E-state index is -2.85. The Morgan fingerprint density at radius 2 is 1.72 bits per heavy atom. The van der Waals surface area contributed by atoms with Gasteiger partial charge in [-0.05, 0) is 140 Å². The molecule has 1 saturated heterocycles. The van der Waals surface area contributed by atoms with Crippen molar-refractivity contribution in [1.29, 1.82) is 5.26 Å². The molecule has 9 nitrogen and oxygen atoms in total. The molecule has 0 spiro atoms. The quantitative estimate of drug-likeness (QED) is 0.247. The Balaban J connectivity index is 0.976. The fourth-order valence-electron chi connectivity index (χ4n) is 15.0. The van der Waals surface area contributed by atoms with Gasteiger partial charge in [0.2, 0.25) is 5.88 Å². The summed E-state index contributed by atoms with van der Waals surface area (Å²) >= 11 is 0. The van der Waals surface area contributed by atoms with Crippen LogP contribution in [0.4, 0.5) is 0 Å². The number of nitriles is 1. The lowest BCUT2D eigenvalue weighted by Crippen LogP contribution is -2.67. The van der Waals surface area contributed by atoms with Crippen LogP contribution in [0.15, 0.2) is 41.5 Å². The van der Waals surface area contributed by atoms with Crippen LogP contribution in [0.25, 0.3) is 0 Å². The average molecular weight is 801 g/mol. The molecule has 0 amide bonds. The number of fused-ring (bicyclic) bond motifs is 7. The molecule has 4 saturated carbocycles. The van der Waals surface area contributed by atoms with Gasteiger partial charge in [0.25, 0.3) is 0 Å². The lowest BCUT2D eigenvalue weighted by atomic mass is 9.33. The minimum Gasteiger partial charge on any atom is -0.476 e. The van der Waals surface area contributed by atoms with E-state index in [9.17, 15) is 18.5 Å². The summed E-state index contributed by atoms with van der Waals surface area (Å²) in [6.45, 7) is 16.6. The first-order valence-electron chi connectivity index (χ1n) is 22.2. The van der Waals surface area contributed by atoms with E-state index < -0.39 is 15.3 Å². The second kappa shape index (κ2) is 14.8. The number of aromatic nitrogens is 1. The van der Waals surface area contributed by atoms with Gasteiger partial charge in [0.1, 0.15) is 23.8 Å². The average Bonchev–Trinajstić information content (AvgIpc) is 3.62. The summed E-state index contributed by atoms with van der Waals surface area (Å²) in [6.07, 6.45) is 19.8. The maximum atomic E-state index is 13.3. The first kappa shape index (κ1) is 41.0. The summed E-state index contributed by atoms with van der Waals surface area (Å²) < 4.78 is 35.4. The van der Waals surface area contributed by atoms with Crippen molar-refractivity contribution in [3.63, 3.8) is 0 Å². The van der Waals surface area contributed by atoms with Gasteiger partial charge in [-0.25, -0.2) is 13.4 Å². The van der Waals surface area contributed by atoms with E-state index in [-0.39, 0.29) is 28.9 Å². The number of nitrogens with zero attached hydrogens (tertiary/aromatic N) is 3. The van der Waals surface area contributed by atoms with E-state index in [2.05, 4.69) is 68.0 Å². The topological polar surface area (TPSA) is 122 Å². The molecule has 2 heterocycles. The van der Waals surface area contributed by atoms with Crippen molar-refractivity contribution in [2.24, 2.45) is 50.7 Å². The molecular formula is C47H68N4O5S. The molecule has 1 aromatic heterocycles. The fraction of sp³-hybridized carbons (Fsp3) is 0.766. The zero-order chi connectivity index (χ0) is 40.5. The largest absolute Gasteiger partial charge is 0.476 e. The smallest absolute Gasteiger partial charge is 0.315 e. The molecule has 57 heavy (non-hydrogen) atoms. The molecule has 0 bridgehead atoms. The number of esters is 1. The van der Waals surface area contributed by atoms with Gasteiger partial charge >= 0.3 is 5.97 Å². The van der Waals surface area contributed by atoms with Crippen LogP contribution in [-0.2, 0) is 19.4 Å². The van der Waals surface area contributed by atoms with E-state index >= 15 is 0 Å². The van der Waals surface area contributed by atoms with E-state index in [1.165, 1.54) is 76.0 Å². The van der Waals surface area contributed by atoms with Crippen LogP contribution in [0.2, 0.25) is 0 Å². The normalized spacial score (nSPS) is 40.9. The maximum Gasteiger partial charge on any atom is 0.315 e. The predicted octanol–water partition coefficient (Wildman–Crippen LogP) is 8.07. The predicted molar refractivity (Wildman–Crippen MR) is 223 cm³/mol. The second-order valence-electron chi connectivity index (χ2n) is 20.8. The number of hydrogen-bond donors (Lipinski definition) is 1. The maximum absolute atomic E-state index is 13.3. The molecular weight excluding hydrogens is 733 g/mol. The number of hydrogen-bond acceptors (Lipinski definition) is 9. The third-order valence-electron chi connectivity index (χ3n) is 18.2. The number of carbonyl (C=O) groups is 1.